The van der Waals surface area contributed by atoms with Crippen molar-refractivity contribution < 1.29 is 23.0 Å². The van der Waals surface area contributed by atoms with Crippen molar-refractivity contribution in [3.63, 3.8) is 0 Å². The summed E-state index contributed by atoms with van der Waals surface area (Å²) in [5, 5.41) is 11.3. The van der Waals surface area contributed by atoms with E-state index in [1.54, 1.807) is 0 Å². The van der Waals surface area contributed by atoms with Gasteiger partial charge in [-0.3, -0.25) is 0 Å². The summed E-state index contributed by atoms with van der Waals surface area (Å²) in [7, 11) is -3.58. The van der Waals surface area contributed by atoms with E-state index in [0.29, 0.717) is 25.9 Å². The molecule has 0 unspecified atom stereocenters. The van der Waals surface area contributed by atoms with Crippen LogP contribution < -0.4 is 9.83 Å². The van der Waals surface area contributed by atoms with Crippen LogP contribution in [0.15, 0.2) is 0 Å². The molecule has 0 bridgehead atoms. The lowest BCUT2D eigenvalue weighted by molar-refractivity contribution is -0.593. The highest BCUT2D eigenvalue weighted by Gasteiger charge is 2.44. The molecule has 104 valence electrons. The molecule has 6 nitrogen and oxygen atoms in total. The number of nitrogens with two attached hydrogens (primary N) is 1. The first kappa shape index (κ1) is 13.8. The molecule has 1 heterocycles. The highest BCUT2D eigenvalue weighted by molar-refractivity contribution is 7.82. The van der Waals surface area contributed by atoms with Crippen LogP contribution in [0.25, 0.3) is 0 Å². The van der Waals surface area contributed by atoms with Crippen LogP contribution in [0.4, 0.5) is 0 Å². The molecule has 2 rings (SSSR count). The Hall–Kier alpha value is -0.660. The smallest absolute Gasteiger partial charge is 0.370 e. The second-order valence-corrected chi connectivity index (χ2v) is 7.06. The van der Waals surface area contributed by atoms with E-state index >= 15 is 0 Å². The maximum absolute atomic E-state index is 12.2. The van der Waals surface area contributed by atoms with Crippen LogP contribution in [-0.2, 0) is 15.0 Å². The van der Waals surface area contributed by atoms with Crippen molar-refractivity contribution in [1.29, 1.82) is 0 Å². The van der Waals surface area contributed by atoms with Gasteiger partial charge in [-0.25, -0.2) is 4.72 Å². The van der Waals surface area contributed by atoms with Gasteiger partial charge in [0, 0.05) is 25.9 Å². The highest BCUT2D eigenvalue weighted by atomic mass is 32.2. The molecule has 1 aliphatic heterocycles. The van der Waals surface area contributed by atoms with E-state index in [2.05, 4.69) is 0 Å². The molecule has 18 heavy (non-hydrogen) atoms. The molecule has 0 aromatic heterocycles. The number of hydrogen-bond acceptors (Lipinski definition) is 4. The Morgan fingerprint density at radius 1 is 1.06 bits per heavy atom. The second kappa shape index (κ2) is 5.14. The summed E-state index contributed by atoms with van der Waals surface area (Å²) in [6.07, 6.45) is 4.92. The van der Waals surface area contributed by atoms with Crippen LogP contribution in [0.5, 0.6) is 0 Å². The zero-order chi connectivity index (χ0) is 13.2. The van der Waals surface area contributed by atoms with E-state index in [4.69, 9.17) is 0 Å². The van der Waals surface area contributed by atoms with Crippen molar-refractivity contribution in [3.8, 4) is 0 Å². The first-order chi connectivity index (χ1) is 8.46. The maximum atomic E-state index is 12.2. The van der Waals surface area contributed by atoms with Gasteiger partial charge in [-0.2, -0.15) is 12.7 Å². The standard InChI is InChI=1S/C11H20N2O4S/c14-10(15)11(6-2-1-3-7-11)12-18(16,17)13-8-4-5-9-13/h12H,1-9H2,(H,14,15). The molecule has 2 N–H and O–H groups in total. The summed E-state index contributed by atoms with van der Waals surface area (Å²) in [4.78, 5) is 11.3. The molecule has 0 spiro atoms. The van der Waals surface area contributed by atoms with Gasteiger partial charge in [0.2, 0.25) is 0 Å². The molecular weight excluding hydrogens is 256 g/mol. The number of carbonyl (C=O) groups excluding carboxylic acids is 1. The summed E-state index contributed by atoms with van der Waals surface area (Å²) in [6.45, 7) is 1.00. The number of aliphatic carboxylic acids is 1. The largest absolute Gasteiger partial charge is 0.544 e. The van der Waals surface area contributed by atoms with Crippen molar-refractivity contribution in [2.75, 3.05) is 13.1 Å². The fourth-order valence-corrected chi connectivity index (χ4v) is 4.67. The van der Waals surface area contributed by atoms with Crippen LogP contribution in [0.1, 0.15) is 44.9 Å². The van der Waals surface area contributed by atoms with E-state index in [-0.39, 0.29) is 0 Å². The fourth-order valence-electron chi connectivity index (χ4n) is 2.85. The van der Waals surface area contributed by atoms with Crippen molar-refractivity contribution in [2.24, 2.45) is 0 Å². The van der Waals surface area contributed by atoms with E-state index < -0.39 is 21.7 Å². The number of carboxylic acids is 1. The molecule has 2 fully saturated rings. The number of hydrogen-bond donors (Lipinski definition) is 1. The monoisotopic (exact) mass is 276 g/mol. The van der Waals surface area contributed by atoms with Crippen LogP contribution >= 0.6 is 0 Å². The van der Waals surface area contributed by atoms with Gasteiger partial charge in [0.25, 0.3) is 0 Å². The average Bonchev–Trinajstić information content (AvgIpc) is 2.83. The van der Waals surface area contributed by atoms with Gasteiger partial charge in [-0.15, -0.1) is 0 Å². The molecule has 0 aromatic carbocycles. The Kier molecular flexibility index (Phi) is 3.93. The molecule has 0 atom stereocenters. The van der Waals surface area contributed by atoms with Crippen LogP contribution in [0.2, 0.25) is 0 Å². The molecule has 1 aliphatic carbocycles. The van der Waals surface area contributed by atoms with Gasteiger partial charge in [-0.05, 0) is 25.7 Å². The minimum atomic E-state index is -3.58. The molecule has 7 heteroatoms. The molecule has 1 saturated heterocycles. The van der Waals surface area contributed by atoms with E-state index in [1.807, 2.05) is 0 Å². The van der Waals surface area contributed by atoms with Crippen molar-refractivity contribution in [2.45, 2.75) is 50.5 Å². The summed E-state index contributed by atoms with van der Waals surface area (Å²) >= 11 is 0. The zero-order valence-corrected chi connectivity index (χ0v) is 11.2. The van der Waals surface area contributed by atoms with Gasteiger partial charge in [0.05, 0.1) is 0 Å². The fraction of sp³-hybridized carbons (Fsp3) is 0.909. The average molecular weight is 276 g/mol. The first-order valence-electron chi connectivity index (χ1n) is 6.54. The van der Waals surface area contributed by atoms with Crippen molar-refractivity contribution in [3.05, 3.63) is 0 Å². The minimum Gasteiger partial charge on any atom is -0.544 e. The van der Waals surface area contributed by atoms with Crippen LogP contribution in [0.3, 0.4) is 0 Å². The predicted octanol–water partition coefficient (Wildman–Crippen LogP) is -1.66. The minimum absolute atomic E-state index is 0.377. The summed E-state index contributed by atoms with van der Waals surface area (Å²) < 4.78 is 26.8. The van der Waals surface area contributed by atoms with Crippen molar-refractivity contribution >= 4 is 16.2 Å². The Balaban J connectivity index is 2.15. The lowest BCUT2D eigenvalue weighted by atomic mass is 9.83. The van der Waals surface area contributed by atoms with Gasteiger partial charge in [0.15, 0.2) is 5.54 Å². The second-order valence-electron chi connectivity index (χ2n) is 5.27. The lowest BCUT2D eigenvalue weighted by Crippen LogP contribution is -3.03. The molecule has 1 saturated carbocycles. The Morgan fingerprint density at radius 3 is 2.11 bits per heavy atom. The van der Waals surface area contributed by atoms with Gasteiger partial charge in [0.1, 0.15) is 5.97 Å². The Morgan fingerprint density at radius 2 is 1.61 bits per heavy atom. The molecule has 0 radical (unpaired) electrons. The molecular formula is C11H20N2O4S. The molecule has 2 aliphatic rings. The van der Waals surface area contributed by atoms with Gasteiger partial charge < -0.3 is 9.90 Å². The SMILES string of the molecule is O=C([O-])C1([NH2+]S(=O)(=O)N2CCCC2)CCCCC1. The van der Waals surface area contributed by atoms with E-state index in [0.717, 1.165) is 36.8 Å². The maximum Gasteiger partial charge on any atom is 0.370 e. The van der Waals surface area contributed by atoms with Gasteiger partial charge in [-0.1, -0.05) is 6.42 Å². The number of rotatable bonds is 4. The predicted molar refractivity (Wildman–Crippen MR) is 62.5 cm³/mol. The summed E-state index contributed by atoms with van der Waals surface area (Å²) in [6, 6.07) is 0. The van der Waals surface area contributed by atoms with Crippen LogP contribution in [0, 0.1) is 0 Å². The summed E-state index contributed by atoms with van der Waals surface area (Å²) in [5.41, 5.74) is -1.28. The number of carboxylic acid groups (broad SMARTS) is 1. The number of carbonyl (C=O) groups is 1. The van der Waals surface area contributed by atoms with Crippen LogP contribution in [-0.4, -0.2) is 37.3 Å². The normalized spacial score (nSPS) is 25.1. The zero-order valence-electron chi connectivity index (χ0n) is 10.4. The third-order valence-electron chi connectivity index (χ3n) is 3.95. The Labute approximate surface area is 108 Å². The quantitative estimate of drug-likeness (QED) is 0.665. The number of nitrogens with zero attached hydrogens (tertiary/aromatic N) is 1. The van der Waals surface area contributed by atoms with E-state index in [1.165, 1.54) is 4.31 Å². The van der Waals surface area contributed by atoms with Gasteiger partial charge >= 0.3 is 10.2 Å². The van der Waals surface area contributed by atoms with Crippen molar-refractivity contribution in [1.82, 2.24) is 4.31 Å². The first-order valence-corrected chi connectivity index (χ1v) is 8.04. The molecule has 0 amide bonds. The highest BCUT2D eigenvalue weighted by Crippen LogP contribution is 2.25. The third-order valence-corrected chi connectivity index (χ3v) is 5.79. The third kappa shape index (κ3) is 2.67. The lowest BCUT2D eigenvalue weighted by Gasteiger charge is -2.35. The molecule has 0 aromatic rings. The number of quaternary nitrogens is 1. The summed E-state index contributed by atoms with van der Waals surface area (Å²) in [5.74, 6) is -1.25. The Bertz CT molecular complexity index is 409. The topological polar surface area (TPSA) is 94.1 Å². The van der Waals surface area contributed by atoms with E-state index in [9.17, 15) is 18.3 Å².